The summed E-state index contributed by atoms with van der Waals surface area (Å²) in [7, 11) is 0. The van der Waals surface area contributed by atoms with Crippen LogP contribution in [0.4, 0.5) is 0 Å². The third-order valence-corrected chi connectivity index (χ3v) is 2.71. The van der Waals surface area contributed by atoms with Crippen molar-refractivity contribution in [1.29, 1.82) is 0 Å². The summed E-state index contributed by atoms with van der Waals surface area (Å²) >= 11 is 0. The Morgan fingerprint density at radius 3 is 2.27 bits per heavy atom. The maximum absolute atomic E-state index is 12.1. The first-order valence-corrected chi connectivity index (χ1v) is 6.92. The van der Waals surface area contributed by atoms with Crippen molar-refractivity contribution in [2.75, 3.05) is 0 Å². The van der Waals surface area contributed by atoms with Crippen LogP contribution in [0.15, 0.2) is 42.5 Å². The zero-order valence-corrected chi connectivity index (χ0v) is 12.7. The van der Waals surface area contributed by atoms with Crippen molar-refractivity contribution in [3.63, 3.8) is 0 Å². The van der Waals surface area contributed by atoms with Crippen LogP contribution >= 0.6 is 0 Å². The highest BCUT2D eigenvalue weighted by Crippen LogP contribution is 2.14. The number of rotatable bonds is 4. The fraction of sp³-hybridized carbons (Fsp3) is 0.235. The molecule has 0 saturated heterocycles. The first-order valence-electron chi connectivity index (χ1n) is 6.92. The fourth-order valence-electron chi connectivity index (χ4n) is 1.77. The second kappa shape index (κ2) is 6.85. The van der Waals surface area contributed by atoms with Gasteiger partial charge in [0.25, 0.3) is 0 Å². The fourth-order valence-corrected chi connectivity index (χ4v) is 1.77. The first kappa shape index (κ1) is 15.7. The largest absolute Gasteiger partial charge is 0.458 e. The normalized spacial score (nSPS) is 10.4. The summed E-state index contributed by atoms with van der Waals surface area (Å²) in [6, 6.07) is 11.7. The molecule has 0 bridgehead atoms. The zero-order chi connectivity index (χ0) is 16.1. The molecule has 114 valence electrons. The molecule has 0 spiro atoms. The molecule has 0 saturated carbocycles. The maximum atomic E-state index is 12.1. The predicted molar refractivity (Wildman–Crippen MR) is 80.9 cm³/mol. The molecule has 0 aliphatic carbocycles. The lowest BCUT2D eigenvalue weighted by Gasteiger charge is -2.08. The number of aromatic nitrogens is 1. The van der Waals surface area contributed by atoms with Gasteiger partial charge in [-0.2, -0.15) is 0 Å². The van der Waals surface area contributed by atoms with Gasteiger partial charge in [-0.05, 0) is 50.6 Å². The van der Waals surface area contributed by atoms with E-state index in [0.29, 0.717) is 5.75 Å². The minimum atomic E-state index is -0.621. The highest BCUT2D eigenvalue weighted by molar-refractivity contribution is 5.92. The van der Waals surface area contributed by atoms with Crippen molar-refractivity contribution < 1.29 is 19.1 Å². The number of esters is 2. The van der Waals surface area contributed by atoms with E-state index in [1.165, 1.54) is 12.1 Å². The number of aryl methyl sites for hydroxylation is 1. The molecule has 0 fully saturated rings. The Hall–Kier alpha value is -2.69. The number of pyridine rings is 1. The molecule has 0 aliphatic heterocycles. The van der Waals surface area contributed by atoms with E-state index >= 15 is 0 Å². The van der Waals surface area contributed by atoms with Gasteiger partial charge >= 0.3 is 11.9 Å². The molecule has 0 radical (unpaired) electrons. The number of ether oxygens (including phenoxy) is 2. The molecular weight excluding hydrogens is 282 g/mol. The van der Waals surface area contributed by atoms with Crippen LogP contribution in [-0.4, -0.2) is 23.0 Å². The maximum Gasteiger partial charge on any atom is 0.362 e. The summed E-state index contributed by atoms with van der Waals surface area (Å²) in [6.45, 7) is 5.39. The molecule has 0 unspecified atom stereocenters. The predicted octanol–water partition coefficient (Wildman–Crippen LogP) is 3.17. The van der Waals surface area contributed by atoms with Crippen molar-refractivity contribution in [3.05, 3.63) is 59.4 Å². The Labute approximate surface area is 128 Å². The third kappa shape index (κ3) is 4.15. The van der Waals surface area contributed by atoms with E-state index in [1.807, 2.05) is 13.0 Å². The van der Waals surface area contributed by atoms with Crippen LogP contribution in [0.1, 0.15) is 40.4 Å². The van der Waals surface area contributed by atoms with Crippen molar-refractivity contribution in [1.82, 2.24) is 4.98 Å². The van der Waals surface area contributed by atoms with Crippen molar-refractivity contribution in [3.8, 4) is 5.75 Å². The van der Waals surface area contributed by atoms with Gasteiger partial charge in [0.2, 0.25) is 0 Å². The van der Waals surface area contributed by atoms with Crippen molar-refractivity contribution >= 4 is 11.9 Å². The standard InChI is InChI=1S/C17H17NO4/c1-11(2)21-16(19)14-8-5-9-15(18-14)17(20)22-13-7-4-6-12(3)10-13/h4-11H,1-3H3. The minimum absolute atomic E-state index is 0.0553. The van der Waals surface area contributed by atoms with Crippen molar-refractivity contribution in [2.45, 2.75) is 26.9 Å². The molecule has 1 aromatic carbocycles. The number of carbonyl (C=O) groups is 2. The van der Waals surface area contributed by atoms with Gasteiger partial charge in [-0.3, -0.25) is 0 Å². The SMILES string of the molecule is Cc1cccc(OC(=O)c2cccc(C(=O)OC(C)C)n2)c1. The van der Waals surface area contributed by atoms with Gasteiger partial charge < -0.3 is 9.47 Å². The van der Waals surface area contributed by atoms with E-state index < -0.39 is 11.9 Å². The van der Waals surface area contributed by atoms with Gasteiger partial charge in [0.1, 0.15) is 17.1 Å². The lowest BCUT2D eigenvalue weighted by Crippen LogP contribution is -2.16. The third-order valence-electron chi connectivity index (χ3n) is 2.71. The molecule has 5 heteroatoms. The number of nitrogens with zero attached hydrogens (tertiary/aromatic N) is 1. The summed E-state index contributed by atoms with van der Waals surface area (Å²) in [4.78, 5) is 27.9. The van der Waals surface area contributed by atoms with Crippen LogP contribution in [0.3, 0.4) is 0 Å². The Balaban J connectivity index is 2.15. The monoisotopic (exact) mass is 299 g/mol. The van der Waals surface area contributed by atoms with Crippen LogP contribution < -0.4 is 4.74 Å². The van der Waals surface area contributed by atoms with Crippen LogP contribution in [0.5, 0.6) is 5.75 Å². The lowest BCUT2D eigenvalue weighted by molar-refractivity contribution is 0.0370. The van der Waals surface area contributed by atoms with Gasteiger partial charge in [0, 0.05) is 0 Å². The van der Waals surface area contributed by atoms with Gasteiger partial charge in [0.05, 0.1) is 6.10 Å². The van der Waals surface area contributed by atoms with Gasteiger partial charge in [-0.15, -0.1) is 0 Å². The smallest absolute Gasteiger partial charge is 0.362 e. The molecule has 22 heavy (non-hydrogen) atoms. The highest BCUT2D eigenvalue weighted by Gasteiger charge is 2.16. The van der Waals surface area contributed by atoms with Gasteiger partial charge in [0.15, 0.2) is 0 Å². The summed E-state index contributed by atoms with van der Waals surface area (Å²) in [5.41, 5.74) is 1.11. The topological polar surface area (TPSA) is 65.5 Å². The van der Waals surface area contributed by atoms with E-state index in [-0.39, 0.29) is 17.5 Å². The van der Waals surface area contributed by atoms with E-state index in [2.05, 4.69) is 4.98 Å². The average molecular weight is 299 g/mol. The Morgan fingerprint density at radius 2 is 1.64 bits per heavy atom. The molecule has 5 nitrogen and oxygen atoms in total. The van der Waals surface area contributed by atoms with Gasteiger partial charge in [-0.25, -0.2) is 14.6 Å². The zero-order valence-electron chi connectivity index (χ0n) is 12.7. The molecule has 0 aliphatic rings. The number of hydrogen-bond acceptors (Lipinski definition) is 5. The Bertz CT molecular complexity index is 695. The second-order valence-electron chi connectivity index (χ2n) is 5.07. The first-order chi connectivity index (χ1) is 10.5. The molecule has 2 rings (SSSR count). The summed E-state index contributed by atoms with van der Waals surface area (Å²) in [6.07, 6.45) is -0.253. The molecule has 1 aromatic heterocycles. The summed E-state index contributed by atoms with van der Waals surface area (Å²) < 4.78 is 10.3. The van der Waals surface area contributed by atoms with Crippen molar-refractivity contribution in [2.24, 2.45) is 0 Å². The van der Waals surface area contributed by atoms with Gasteiger partial charge in [-0.1, -0.05) is 18.2 Å². The molecule has 0 atom stereocenters. The quantitative estimate of drug-likeness (QED) is 0.641. The van der Waals surface area contributed by atoms with Crippen LogP contribution in [0, 0.1) is 6.92 Å². The van der Waals surface area contributed by atoms with E-state index in [4.69, 9.17) is 9.47 Å². The Morgan fingerprint density at radius 1 is 1.00 bits per heavy atom. The molecule has 0 N–H and O–H groups in total. The minimum Gasteiger partial charge on any atom is -0.458 e. The summed E-state index contributed by atoms with van der Waals surface area (Å²) in [5, 5.41) is 0. The van der Waals surface area contributed by atoms with E-state index in [1.54, 1.807) is 38.1 Å². The molecule has 0 amide bonds. The molecule has 1 heterocycles. The molecular formula is C17H17NO4. The highest BCUT2D eigenvalue weighted by atomic mass is 16.5. The van der Waals surface area contributed by atoms with E-state index in [0.717, 1.165) is 5.56 Å². The number of carbonyl (C=O) groups excluding carboxylic acids is 2. The van der Waals surface area contributed by atoms with Crippen LogP contribution in [0.25, 0.3) is 0 Å². The number of benzene rings is 1. The van der Waals surface area contributed by atoms with Crippen LogP contribution in [0.2, 0.25) is 0 Å². The average Bonchev–Trinajstić information content (AvgIpc) is 2.46. The number of hydrogen-bond donors (Lipinski definition) is 0. The lowest BCUT2D eigenvalue weighted by atomic mass is 10.2. The summed E-state index contributed by atoms with van der Waals surface area (Å²) in [5.74, 6) is -0.757. The van der Waals surface area contributed by atoms with E-state index in [9.17, 15) is 9.59 Å². The second-order valence-corrected chi connectivity index (χ2v) is 5.07. The Kier molecular flexibility index (Phi) is 4.88. The molecule has 2 aromatic rings. The van der Waals surface area contributed by atoms with Crippen LogP contribution in [-0.2, 0) is 4.74 Å².